The molecule has 0 spiro atoms. The monoisotopic (exact) mass is 466 g/mol. The van der Waals surface area contributed by atoms with Crippen LogP contribution in [0.3, 0.4) is 0 Å². The molecule has 35 heavy (non-hydrogen) atoms. The highest BCUT2D eigenvalue weighted by molar-refractivity contribution is 5.52. The molecule has 0 amide bonds. The lowest BCUT2D eigenvalue weighted by molar-refractivity contribution is 0.128. The number of allylic oxidation sites excluding steroid dienone is 4. The van der Waals surface area contributed by atoms with Gasteiger partial charge in [-0.1, -0.05) is 56.3 Å². The molecule has 2 heterocycles. The summed E-state index contributed by atoms with van der Waals surface area (Å²) < 4.78 is 12.2. The van der Waals surface area contributed by atoms with Crippen molar-refractivity contribution in [1.29, 1.82) is 0 Å². The number of hydrogen-bond acceptors (Lipinski definition) is 4. The van der Waals surface area contributed by atoms with Gasteiger partial charge in [0, 0.05) is 41.0 Å². The standard InChI is InChI=1S/C31H34N2O2/c1-5-6-10-23(2)32-19-24-17-26(13-15-29(24)34-21-32)31(3,4)27-14-16-30-25(18-27)20-33(22-35-30)28-11-8-7-9-12-28/h5-18H,19-22H2,1-4H3/b6-5-,23-10+. The molecule has 0 radical (unpaired) electrons. The Balaban J connectivity index is 1.41. The van der Waals surface area contributed by atoms with E-state index < -0.39 is 0 Å². The maximum Gasteiger partial charge on any atom is 0.161 e. The van der Waals surface area contributed by atoms with Gasteiger partial charge in [-0.2, -0.15) is 0 Å². The van der Waals surface area contributed by atoms with Crippen LogP contribution in [0, 0.1) is 0 Å². The Hall–Kier alpha value is -3.66. The zero-order chi connectivity index (χ0) is 24.4. The summed E-state index contributed by atoms with van der Waals surface area (Å²) in [4.78, 5) is 4.54. The van der Waals surface area contributed by atoms with Crippen LogP contribution in [0.1, 0.15) is 49.9 Å². The van der Waals surface area contributed by atoms with Crippen molar-refractivity contribution in [3.05, 3.63) is 113 Å². The van der Waals surface area contributed by atoms with Gasteiger partial charge in [0.2, 0.25) is 0 Å². The molecule has 0 aliphatic carbocycles. The van der Waals surface area contributed by atoms with Gasteiger partial charge in [-0.05, 0) is 67.4 Å². The normalized spacial score (nSPS) is 15.9. The lowest BCUT2D eigenvalue weighted by Crippen LogP contribution is -2.32. The molecule has 0 N–H and O–H groups in total. The van der Waals surface area contributed by atoms with Gasteiger partial charge in [-0.15, -0.1) is 0 Å². The number of fused-ring (bicyclic) bond motifs is 2. The smallest absolute Gasteiger partial charge is 0.161 e. The van der Waals surface area contributed by atoms with Crippen LogP contribution in [0.5, 0.6) is 11.5 Å². The van der Waals surface area contributed by atoms with E-state index in [4.69, 9.17) is 9.47 Å². The molecule has 0 saturated heterocycles. The van der Waals surface area contributed by atoms with Crippen LogP contribution in [-0.4, -0.2) is 18.4 Å². The third kappa shape index (κ3) is 4.66. The number of benzene rings is 3. The molecule has 0 saturated carbocycles. The fourth-order valence-electron chi connectivity index (χ4n) is 4.80. The molecule has 2 aliphatic heterocycles. The molecular weight excluding hydrogens is 432 g/mol. The van der Waals surface area contributed by atoms with Crippen molar-refractivity contribution in [2.24, 2.45) is 0 Å². The minimum absolute atomic E-state index is 0.156. The summed E-state index contributed by atoms with van der Waals surface area (Å²) >= 11 is 0. The number of rotatable bonds is 5. The Morgan fingerprint density at radius 2 is 1.46 bits per heavy atom. The third-order valence-corrected chi connectivity index (χ3v) is 7.19. The molecule has 0 atom stereocenters. The molecule has 5 rings (SSSR count). The number of ether oxygens (including phenoxy) is 2. The van der Waals surface area contributed by atoms with Gasteiger partial charge in [0.25, 0.3) is 0 Å². The van der Waals surface area contributed by atoms with E-state index in [0.717, 1.165) is 24.6 Å². The Morgan fingerprint density at radius 1 is 0.829 bits per heavy atom. The van der Waals surface area contributed by atoms with Crippen molar-refractivity contribution in [2.75, 3.05) is 18.4 Å². The second-order valence-electron chi connectivity index (χ2n) is 9.88. The molecular formula is C31H34N2O2. The topological polar surface area (TPSA) is 24.9 Å². The van der Waals surface area contributed by atoms with Crippen molar-refractivity contribution >= 4 is 5.69 Å². The molecule has 4 nitrogen and oxygen atoms in total. The van der Waals surface area contributed by atoms with Crippen LogP contribution in [0.25, 0.3) is 0 Å². The maximum atomic E-state index is 6.09. The second-order valence-corrected chi connectivity index (χ2v) is 9.88. The number of nitrogens with zero attached hydrogens (tertiary/aromatic N) is 2. The Bertz CT molecular complexity index is 1260. The largest absolute Gasteiger partial charge is 0.473 e. The molecule has 0 bridgehead atoms. The van der Waals surface area contributed by atoms with Crippen molar-refractivity contribution in [1.82, 2.24) is 4.90 Å². The summed E-state index contributed by atoms with van der Waals surface area (Å²) in [5.41, 5.74) is 7.25. The molecule has 4 heteroatoms. The summed E-state index contributed by atoms with van der Waals surface area (Å²) in [5, 5.41) is 0. The fraction of sp³-hybridized carbons (Fsp3) is 0.290. The predicted molar refractivity (Wildman–Crippen MR) is 143 cm³/mol. The van der Waals surface area contributed by atoms with E-state index in [-0.39, 0.29) is 5.41 Å². The molecule has 0 unspecified atom stereocenters. The fourth-order valence-corrected chi connectivity index (χ4v) is 4.80. The minimum atomic E-state index is -0.156. The van der Waals surface area contributed by atoms with E-state index in [1.165, 1.54) is 33.6 Å². The lowest BCUT2D eigenvalue weighted by atomic mass is 9.77. The first-order valence-corrected chi connectivity index (χ1v) is 12.3. The average molecular weight is 467 g/mol. The number of para-hydroxylation sites is 1. The van der Waals surface area contributed by atoms with Gasteiger partial charge in [0.05, 0.1) is 0 Å². The van der Waals surface area contributed by atoms with Crippen LogP contribution in [0.15, 0.2) is 90.7 Å². The van der Waals surface area contributed by atoms with Crippen LogP contribution < -0.4 is 14.4 Å². The van der Waals surface area contributed by atoms with E-state index in [9.17, 15) is 0 Å². The number of hydrogen-bond donors (Lipinski definition) is 0. The summed E-state index contributed by atoms with van der Waals surface area (Å²) in [7, 11) is 0. The molecule has 2 aliphatic rings. The molecule has 180 valence electrons. The maximum absolute atomic E-state index is 6.09. The van der Waals surface area contributed by atoms with Crippen molar-refractivity contribution in [3.63, 3.8) is 0 Å². The Morgan fingerprint density at radius 3 is 2.11 bits per heavy atom. The average Bonchev–Trinajstić information content (AvgIpc) is 2.90. The van der Waals surface area contributed by atoms with Crippen molar-refractivity contribution in [2.45, 2.75) is 46.2 Å². The lowest BCUT2D eigenvalue weighted by Gasteiger charge is -2.34. The van der Waals surface area contributed by atoms with Gasteiger partial charge in [-0.3, -0.25) is 0 Å². The SMILES string of the molecule is C/C=C\C=C(/C)N1COc2ccc(C(C)(C)c3ccc4c(c3)CN(c3ccccc3)CO4)cc2C1. The van der Waals surface area contributed by atoms with E-state index in [1.54, 1.807) is 0 Å². The minimum Gasteiger partial charge on any atom is -0.473 e. The highest BCUT2D eigenvalue weighted by Gasteiger charge is 2.28. The van der Waals surface area contributed by atoms with Gasteiger partial charge < -0.3 is 19.3 Å². The highest BCUT2D eigenvalue weighted by Crippen LogP contribution is 2.38. The summed E-state index contributed by atoms with van der Waals surface area (Å²) in [6.07, 6.45) is 6.25. The second kappa shape index (κ2) is 9.53. The van der Waals surface area contributed by atoms with Crippen LogP contribution in [0.2, 0.25) is 0 Å². The summed E-state index contributed by atoms with van der Waals surface area (Å²) in [5.74, 6) is 1.96. The zero-order valence-electron chi connectivity index (χ0n) is 21.1. The first-order valence-electron chi connectivity index (χ1n) is 12.3. The van der Waals surface area contributed by atoms with Gasteiger partial charge in [0.15, 0.2) is 13.5 Å². The predicted octanol–water partition coefficient (Wildman–Crippen LogP) is 7.00. The Labute approximate surface area is 209 Å². The van der Waals surface area contributed by atoms with Gasteiger partial charge >= 0.3 is 0 Å². The first kappa shape index (κ1) is 23.1. The molecule has 3 aromatic carbocycles. The summed E-state index contributed by atoms with van der Waals surface area (Å²) in [6.45, 7) is 11.6. The first-order chi connectivity index (χ1) is 17.0. The Kier molecular flexibility index (Phi) is 6.29. The highest BCUT2D eigenvalue weighted by atomic mass is 16.5. The summed E-state index contributed by atoms with van der Waals surface area (Å²) in [6, 6.07) is 23.8. The van der Waals surface area contributed by atoms with E-state index >= 15 is 0 Å². The van der Waals surface area contributed by atoms with Crippen LogP contribution in [-0.2, 0) is 18.5 Å². The van der Waals surface area contributed by atoms with Crippen molar-refractivity contribution in [3.8, 4) is 11.5 Å². The quantitative estimate of drug-likeness (QED) is 0.378. The zero-order valence-corrected chi connectivity index (χ0v) is 21.1. The molecule has 0 fully saturated rings. The van der Waals surface area contributed by atoms with E-state index in [2.05, 4.69) is 103 Å². The van der Waals surface area contributed by atoms with E-state index in [1.807, 2.05) is 19.1 Å². The van der Waals surface area contributed by atoms with Crippen LogP contribution in [0.4, 0.5) is 5.69 Å². The van der Waals surface area contributed by atoms with Gasteiger partial charge in [-0.25, -0.2) is 0 Å². The van der Waals surface area contributed by atoms with Crippen LogP contribution >= 0.6 is 0 Å². The molecule has 0 aromatic heterocycles. The van der Waals surface area contributed by atoms with Gasteiger partial charge in [0.1, 0.15) is 11.5 Å². The number of anilines is 1. The van der Waals surface area contributed by atoms with E-state index in [0.29, 0.717) is 13.5 Å². The third-order valence-electron chi connectivity index (χ3n) is 7.19. The molecule has 3 aromatic rings. The van der Waals surface area contributed by atoms with Crippen molar-refractivity contribution < 1.29 is 9.47 Å².